The summed E-state index contributed by atoms with van der Waals surface area (Å²) in [4.78, 5) is 27.1. The fraction of sp³-hybridized carbons (Fsp3) is 0.882. The van der Waals surface area contributed by atoms with Crippen molar-refractivity contribution in [1.29, 1.82) is 0 Å². The molecule has 2 aliphatic rings. The normalized spacial score (nSPS) is 25.5. The average Bonchev–Trinajstić information content (AvgIpc) is 3.11. The van der Waals surface area contributed by atoms with Crippen molar-refractivity contribution in [2.24, 2.45) is 10.6 Å². The first kappa shape index (κ1) is 20.2. The molecule has 0 aromatic rings. The van der Waals surface area contributed by atoms with Gasteiger partial charge in [0.05, 0.1) is 0 Å². The first-order valence-corrected chi connectivity index (χ1v) is 10.4. The van der Waals surface area contributed by atoms with E-state index in [1.807, 2.05) is 27.7 Å². The average molecular weight is 373 g/mol. The third-order valence-corrected chi connectivity index (χ3v) is 6.29. The number of carbonyl (C=O) groups excluding carboxylic acids is 2. The van der Waals surface area contributed by atoms with Crippen LogP contribution in [0.25, 0.3) is 0 Å². The van der Waals surface area contributed by atoms with Crippen LogP contribution in [0.5, 0.6) is 0 Å². The van der Waals surface area contributed by atoms with Crippen LogP contribution in [-0.4, -0.2) is 44.5 Å². The van der Waals surface area contributed by atoms with E-state index in [0.29, 0.717) is 13.0 Å². The number of rotatable bonds is 4. The summed E-state index contributed by atoms with van der Waals surface area (Å²) in [5.41, 5.74) is -0.668. The molecule has 3 atom stereocenters. The molecule has 0 aromatic carbocycles. The minimum Gasteiger partial charge on any atom is -0.333 e. The van der Waals surface area contributed by atoms with Gasteiger partial charge in [0.2, 0.25) is 5.91 Å². The Kier molecular flexibility index (Phi) is 6.14. The quantitative estimate of drug-likeness (QED) is 0.698. The highest BCUT2D eigenvalue weighted by Gasteiger charge is 2.41. The van der Waals surface area contributed by atoms with Gasteiger partial charge in [-0.2, -0.15) is 0 Å². The zero-order valence-electron chi connectivity index (χ0n) is 15.8. The van der Waals surface area contributed by atoms with E-state index < -0.39 is 27.8 Å². The molecule has 0 radical (unpaired) electrons. The molecule has 25 heavy (non-hydrogen) atoms. The van der Waals surface area contributed by atoms with Crippen LogP contribution in [0.1, 0.15) is 66.2 Å². The fourth-order valence-corrected chi connectivity index (χ4v) is 4.62. The Hall–Kier alpha value is -1.15. The van der Waals surface area contributed by atoms with Crippen LogP contribution < -0.4 is 15.8 Å². The molecule has 144 valence electrons. The SMILES string of the molecule is CC1(NC(=O)NC(C(=O)N2CCC[C@H]2S(N)=O)C(C)(C)C)CCCC1. The van der Waals surface area contributed by atoms with Crippen LogP contribution in [-0.2, 0) is 15.8 Å². The van der Waals surface area contributed by atoms with Crippen molar-refractivity contribution in [2.75, 3.05) is 6.54 Å². The number of nitrogens with two attached hydrogens (primary N) is 1. The molecule has 1 heterocycles. The molecule has 4 N–H and O–H groups in total. The molecular formula is C17H32N4O3S. The standard InChI is InChI=1S/C17H32N4O3S/c1-16(2,3)13(14(22)21-11-7-8-12(21)25(18)24)19-15(23)20-17(4)9-5-6-10-17/h12-13H,5-11,18H2,1-4H3,(H2,19,20,23)/t12-,13?,25?/m1/s1. The van der Waals surface area contributed by atoms with Gasteiger partial charge in [0, 0.05) is 12.1 Å². The van der Waals surface area contributed by atoms with Gasteiger partial charge in [0.25, 0.3) is 0 Å². The number of hydrogen-bond donors (Lipinski definition) is 3. The number of nitrogens with one attached hydrogen (secondary N) is 2. The Bertz CT molecular complexity index is 541. The Morgan fingerprint density at radius 3 is 2.36 bits per heavy atom. The molecule has 8 heteroatoms. The van der Waals surface area contributed by atoms with Crippen molar-refractivity contribution in [1.82, 2.24) is 15.5 Å². The van der Waals surface area contributed by atoms with Crippen LogP contribution >= 0.6 is 0 Å². The van der Waals surface area contributed by atoms with Gasteiger partial charge in [-0.15, -0.1) is 0 Å². The molecule has 1 aliphatic heterocycles. The van der Waals surface area contributed by atoms with Crippen LogP contribution in [0.15, 0.2) is 0 Å². The van der Waals surface area contributed by atoms with Crippen molar-refractivity contribution in [3.63, 3.8) is 0 Å². The maximum atomic E-state index is 13.1. The summed E-state index contributed by atoms with van der Waals surface area (Å²) in [7, 11) is -1.58. The second-order valence-corrected chi connectivity index (χ2v) is 9.82. The van der Waals surface area contributed by atoms with Gasteiger partial charge in [-0.25, -0.2) is 14.1 Å². The molecule has 0 aromatic heterocycles. The van der Waals surface area contributed by atoms with Gasteiger partial charge in [0.1, 0.15) is 22.4 Å². The second-order valence-electron chi connectivity index (χ2n) is 8.62. The van der Waals surface area contributed by atoms with Crippen molar-refractivity contribution < 1.29 is 13.8 Å². The lowest BCUT2D eigenvalue weighted by atomic mass is 9.86. The molecule has 2 fully saturated rings. The third kappa shape index (κ3) is 4.94. The van der Waals surface area contributed by atoms with Gasteiger partial charge >= 0.3 is 6.03 Å². The van der Waals surface area contributed by atoms with E-state index in [1.54, 1.807) is 4.90 Å². The zero-order chi connectivity index (χ0) is 18.8. The highest BCUT2D eigenvalue weighted by molar-refractivity contribution is 7.83. The molecule has 7 nitrogen and oxygen atoms in total. The minimum absolute atomic E-state index is 0.204. The predicted octanol–water partition coefficient (Wildman–Crippen LogP) is 1.60. The van der Waals surface area contributed by atoms with Crippen LogP contribution in [0, 0.1) is 5.41 Å². The monoisotopic (exact) mass is 372 g/mol. The van der Waals surface area contributed by atoms with Crippen molar-refractivity contribution in [3.05, 3.63) is 0 Å². The van der Waals surface area contributed by atoms with Gasteiger partial charge < -0.3 is 15.5 Å². The summed E-state index contributed by atoms with van der Waals surface area (Å²) in [6.07, 6.45) is 5.53. The summed E-state index contributed by atoms with van der Waals surface area (Å²) in [5, 5.41) is 11.0. The van der Waals surface area contributed by atoms with Crippen LogP contribution in [0.4, 0.5) is 4.79 Å². The van der Waals surface area contributed by atoms with Crippen LogP contribution in [0.2, 0.25) is 0 Å². The lowest BCUT2D eigenvalue weighted by molar-refractivity contribution is -0.135. The minimum atomic E-state index is -1.58. The van der Waals surface area contributed by atoms with E-state index in [4.69, 9.17) is 5.14 Å². The number of amides is 3. The lowest BCUT2D eigenvalue weighted by Gasteiger charge is -2.36. The Balaban J connectivity index is 2.09. The number of hydrogen-bond acceptors (Lipinski definition) is 3. The number of nitrogens with zero attached hydrogens (tertiary/aromatic N) is 1. The molecule has 0 spiro atoms. The van der Waals surface area contributed by atoms with E-state index in [0.717, 1.165) is 32.1 Å². The first-order chi connectivity index (χ1) is 11.5. The topological polar surface area (TPSA) is 105 Å². The van der Waals surface area contributed by atoms with Gasteiger partial charge in [-0.1, -0.05) is 33.6 Å². The van der Waals surface area contributed by atoms with Gasteiger partial charge in [-0.3, -0.25) is 4.79 Å². The van der Waals surface area contributed by atoms with Crippen molar-refractivity contribution in [2.45, 2.75) is 83.2 Å². The number of likely N-dealkylation sites (tertiary alicyclic amines) is 1. The third-order valence-electron chi connectivity index (χ3n) is 5.26. The molecular weight excluding hydrogens is 340 g/mol. The Morgan fingerprint density at radius 1 is 1.24 bits per heavy atom. The van der Waals surface area contributed by atoms with E-state index in [1.165, 1.54) is 0 Å². The van der Waals surface area contributed by atoms with E-state index in [9.17, 15) is 13.8 Å². The molecule has 1 saturated carbocycles. The van der Waals surface area contributed by atoms with Gasteiger partial charge in [-0.05, 0) is 38.0 Å². The maximum absolute atomic E-state index is 13.1. The largest absolute Gasteiger partial charge is 0.333 e. The van der Waals surface area contributed by atoms with E-state index >= 15 is 0 Å². The highest BCUT2D eigenvalue weighted by atomic mass is 32.2. The summed E-state index contributed by atoms with van der Waals surface area (Å²) in [6, 6.07) is -1.01. The number of carbonyl (C=O) groups is 2. The Morgan fingerprint density at radius 2 is 1.84 bits per heavy atom. The maximum Gasteiger partial charge on any atom is 0.315 e. The van der Waals surface area contributed by atoms with Gasteiger partial charge in [0.15, 0.2) is 0 Å². The summed E-state index contributed by atoms with van der Waals surface area (Å²) < 4.78 is 11.7. The highest BCUT2D eigenvalue weighted by Crippen LogP contribution is 2.29. The summed E-state index contributed by atoms with van der Waals surface area (Å²) in [5.74, 6) is -0.208. The van der Waals surface area contributed by atoms with Crippen molar-refractivity contribution >= 4 is 22.9 Å². The summed E-state index contributed by atoms with van der Waals surface area (Å²) in [6.45, 7) is 8.31. The molecule has 2 rings (SSSR count). The van der Waals surface area contributed by atoms with E-state index in [2.05, 4.69) is 10.6 Å². The second kappa shape index (κ2) is 7.61. The number of urea groups is 1. The zero-order valence-corrected chi connectivity index (χ0v) is 16.6. The van der Waals surface area contributed by atoms with Crippen molar-refractivity contribution in [3.8, 4) is 0 Å². The molecule has 1 aliphatic carbocycles. The molecule has 0 bridgehead atoms. The predicted molar refractivity (Wildman–Crippen MR) is 98.8 cm³/mol. The smallest absolute Gasteiger partial charge is 0.315 e. The van der Waals surface area contributed by atoms with Crippen LogP contribution in [0.3, 0.4) is 0 Å². The molecule has 3 amide bonds. The Labute approximate surface area is 153 Å². The molecule has 1 saturated heterocycles. The first-order valence-electron chi connectivity index (χ1n) is 9.08. The fourth-order valence-electron chi connectivity index (χ4n) is 3.77. The summed E-state index contributed by atoms with van der Waals surface area (Å²) >= 11 is 0. The lowest BCUT2D eigenvalue weighted by Crippen LogP contribution is -2.60. The molecule has 2 unspecified atom stereocenters. The van der Waals surface area contributed by atoms with E-state index in [-0.39, 0.29) is 17.5 Å².